The summed E-state index contributed by atoms with van der Waals surface area (Å²) in [6.45, 7) is 8.31. The standard InChI is InChI=1S/C30H35BrN2O2S/c1-22-10-12-24(13-11-22)19-33(28(34)21-36-20-25-14-16-26(31)17-15-25)27(29(35)32-30(2,3)4)18-23-8-6-5-7-9-23/h5-17,27H,18-21H2,1-4H3,(H,32,35). The average molecular weight is 568 g/mol. The normalized spacial score (nSPS) is 12.1. The highest BCUT2D eigenvalue weighted by Gasteiger charge is 2.32. The number of carbonyl (C=O) groups is 2. The molecule has 2 amide bonds. The van der Waals surface area contributed by atoms with E-state index in [1.54, 1.807) is 16.7 Å². The third kappa shape index (κ3) is 9.14. The minimum atomic E-state index is -0.617. The number of amides is 2. The van der Waals surface area contributed by atoms with E-state index in [1.165, 1.54) is 0 Å². The van der Waals surface area contributed by atoms with Gasteiger partial charge in [0.1, 0.15) is 6.04 Å². The van der Waals surface area contributed by atoms with E-state index in [2.05, 4.69) is 33.4 Å². The van der Waals surface area contributed by atoms with Crippen LogP contribution in [0.2, 0.25) is 0 Å². The summed E-state index contributed by atoms with van der Waals surface area (Å²) in [4.78, 5) is 29.0. The molecule has 3 aromatic carbocycles. The van der Waals surface area contributed by atoms with E-state index in [-0.39, 0.29) is 11.8 Å². The summed E-state index contributed by atoms with van der Waals surface area (Å²) in [5.41, 5.74) is 3.95. The summed E-state index contributed by atoms with van der Waals surface area (Å²) in [6, 6.07) is 25.6. The van der Waals surface area contributed by atoms with Crippen LogP contribution < -0.4 is 5.32 Å². The van der Waals surface area contributed by atoms with Gasteiger partial charge in [-0.15, -0.1) is 11.8 Å². The zero-order valence-corrected chi connectivity index (χ0v) is 23.9. The highest BCUT2D eigenvalue weighted by atomic mass is 79.9. The van der Waals surface area contributed by atoms with Crippen molar-refractivity contribution in [1.29, 1.82) is 0 Å². The van der Waals surface area contributed by atoms with Crippen LogP contribution in [0.4, 0.5) is 0 Å². The van der Waals surface area contributed by atoms with Crippen molar-refractivity contribution in [2.24, 2.45) is 0 Å². The lowest BCUT2D eigenvalue weighted by molar-refractivity contribution is -0.140. The van der Waals surface area contributed by atoms with E-state index >= 15 is 0 Å². The smallest absolute Gasteiger partial charge is 0.243 e. The number of benzene rings is 3. The molecule has 3 rings (SSSR count). The largest absolute Gasteiger partial charge is 0.350 e. The minimum Gasteiger partial charge on any atom is -0.350 e. The van der Waals surface area contributed by atoms with Gasteiger partial charge >= 0.3 is 0 Å². The summed E-state index contributed by atoms with van der Waals surface area (Å²) in [7, 11) is 0. The monoisotopic (exact) mass is 566 g/mol. The third-order valence-corrected chi connectivity index (χ3v) is 7.17. The average Bonchev–Trinajstić information content (AvgIpc) is 2.83. The molecular formula is C30H35BrN2O2S. The molecule has 6 heteroatoms. The maximum Gasteiger partial charge on any atom is 0.243 e. The van der Waals surface area contributed by atoms with E-state index < -0.39 is 11.6 Å². The van der Waals surface area contributed by atoms with Gasteiger partial charge in [-0.05, 0) is 56.5 Å². The highest BCUT2D eigenvalue weighted by molar-refractivity contribution is 9.10. The fourth-order valence-corrected chi connectivity index (χ4v) is 4.95. The molecule has 1 atom stereocenters. The molecule has 1 N–H and O–H groups in total. The Morgan fingerprint density at radius 2 is 1.50 bits per heavy atom. The predicted molar refractivity (Wildman–Crippen MR) is 154 cm³/mol. The van der Waals surface area contributed by atoms with Gasteiger partial charge in [-0.2, -0.15) is 0 Å². The highest BCUT2D eigenvalue weighted by Crippen LogP contribution is 2.20. The fourth-order valence-electron chi connectivity index (χ4n) is 3.82. The van der Waals surface area contributed by atoms with Gasteiger partial charge < -0.3 is 10.2 Å². The van der Waals surface area contributed by atoms with Gasteiger partial charge in [0.05, 0.1) is 5.75 Å². The van der Waals surface area contributed by atoms with E-state index in [4.69, 9.17) is 0 Å². The SMILES string of the molecule is Cc1ccc(CN(C(=O)CSCc2ccc(Br)cc2)C(Cc2ccccc2)C(=O)NC(C)(C)C)cc1. The van der Waals surface area contributed by atoms with E-state index in [0.717, 1.165) is 32.5 Å². The summed E-state index contributed by atoms with van der Waals surface area (Å²) < 4.78 is 1.03. The molecule has 0 aromatic heterocycles. The van der Waals surface area contributed by atoms with Crippen LogP contribution in [0.1, 0.15) is 43.0 Å². The molecule has 36 heavy (non-hydrogen) atoms. The number of halogens is 1. The first kappa shape index (κ1) is 28.0. The number of nitrogens with one attached hydrogen (secondary N) is 1. The van der Waals surface area contributed by atoms with Crippen molar-refractivity contribution in [2.75, 3.05) is 5.75 Å². The van der Waals surface area contributed by atoms with Crippen LogP contribution in [-0.2, 0) is 28.3 Å². The second-order valence-electron chi connectivity index (χ2n) is 10.1. The van der Waals surface area contributed by atoms with Crippen molar-refractivity contribution in [1.82, 2.24) is 10.2 Å². The van der Waals surface area contributed by atoms with Crippen molar-refractivity contribution in [2.45, 2.75) is 58.0 Å². The summed E-state index contributed by atoms with van der Waals surface area (Å²) >= 11 is 5.04. The van der Waals surface area contributed by atoms with Gasteiger partial charge in [-0.1, -0.05) is 88.2 Å². The molecule has 0 heterocycles. The molecule has 4 nitrogen and oxygen atoms in total. The van der Waals surface area contributed by atoms with Crippen molar-refractivity contribution in [3.8, 4) is 0 Å². The fraction of sp³-hybridized carbons (Fsp3) is 0.333. The van der Waals surface area contributed by atoms with Gasteiger partial charge in [0.15, 0.2) is 0 Å². The number of nitrogens with zero attached hydrogens (tertiary/aromatic N) is 1. The van der Waals surface area contributed by atoms with Crippen LogP contribution in [0.25, 0.3) is 0 Å². The molecule has 0 saturated carbocycles. The molecule has 0 aliphatic carbocycles. The Balaban J connectivity index is 1.85. The number of thioether (sulfide) groups is 1. The Morgan fingerprint density at radius 3 is 2.11 bits per heavy atom. The molecular weight excluding hydrogens is 532 g/mol. The molecule has 0 aliphatic rings. The van der Waals surface area contributed by atoms with E-state index in [0.29, 0.717) is 18.7 Å². The lowest BCUT2D eigenvalue weighted by Gasteiger charge is -2.34. The van der Waals surface area contributed by atoms with Crippen molar-refractivity contribution in [3.05, 3.63) is 106 Å². The number of hydrogen-bond acceptors (Lipinski definition) is 3. The van der Waals surface area contributed by atoms with Crippen molar-refractivity contribution < 1.29 is 9.59 Å². The van der Waals surface area contributed by atoms with Crippen LogP contribution >= 0.6 is 27.7 Å². The van der Waals surface area contributed by atoms with Crippen molar-refractivity contribution in [3.63, 3.8) is 0 Å². The van der Waals surface area contributed by atoms with Crippen molar-refractivity contribution >= 4 is 39.5 Å². The predicted octanol–water partition coefficient (Wildman–Crippen LogP) is 6.55. The molecule has 0 saturated heterocycles. The lowest BCUT2D eigenvalue weighted by atomic mass is 10.0. The molecule has 3 aromatic rings. The summed E-state index contributed by atoms with van der Waals surface area (Å²) in [5.74, 6) is 0.859. The number of rotatable bonds is 10. The Hall–Kier alpha value is -2.57. The Labute approximate surface area is 228 Å². The molecule has 1 unspecified atom stereocenters. The van der Waals surface area contributed by atoms with Gasteiger partial charge in [0, 0.05) is 28.7 Å². The Morgan fingerprint density at radius 1 is 0.889 bits per heavy atom. The second-order valence-corrected chi connectivity index (χ2v) is 12.0. The molecule has 0 bridgehead atoms. The lowest BCUT2D eigenvalue weighted by Crippen LogP contribution is -2.54. The molecule has 0 aliphatic heterocycles. The number of hydrogen-bond donors (Lipinski definition) is 1. The molecule has 0 fully saturated rings. The Bertz CT molecular complexity index is 1130. The van der Waals surface area contributed by atoms with Crippen LogP contribution in [0.3, 0.4) is 0 Å². The third-order valence-electron chi connectivity index (χ3n) is 5.65. The Kier molecular flexibility index (Phi) is 10.2. The summed E-state index contributed by atoms with van der Waals surface area (Å²) in [6.07, 6.45) is 0.456. The summed E-state index contributed by atoms with van der Waals surface area (Å²) in [5, 5.41) is 3.11. The van der Waals surface area contributed by atoms with Crippen LogP contribution in [0, 0.1) is 6.92 Å². The first-order chi connectivity index (χ1) is 17.1. The number of aryl methyl sites for hydroxylation is 1. The molecule has 0 radical (unpaired) electrons. The van der Waals surface area contributed by atoms with Gasteiger partial charge in [-0.3, -0.25) is 9.59 Å². The van der Waals surface area contributed by atoms with Gasteiger partial charge in [-0.25, -0.2) is 0 Å². The maximum absolute atomic E-state index is 13.7. The van der Waals surface area contributed by atoms with Gasteiger partial charge in [0.25, 0.3) is 0 Å². The zero-order chi connectivity index (χ0) is 26.1. The molecule has 0 spiro atoms. The number of carbonyl (C=O) groups excluding carboxylic acids is 2. The topological polar surface area (TPSA) is 49.4 Å². The minimum absolute atomic E-state index is 0.0392. The first-order valence-electron chi connectivity index (χ1n) is 12.1. The zero-order valence-electron chi connectivity index (χ0n) is 21.5. The van der Waals surface area contributed by atoms with Crippen LogP contribution in [-0.4, -0.2) is 34.0 Å². The van der Waals surface area contributed by atoms with Crippen LogP contribution in [0.5, 0.6) is 0 Å². The second kappa shape index (κ2) is 13.1. The first-order valence-corrected chi connectivity index (χ1v) is 14.1. The van der Waals surface area contributed by atoms with E-state index in [1.807, 2.05) is 94.4 Å². The van der Waals surface area contributed by atoms with E-state index in [9.17, 15) is 9.59 Å². The van der Waals surface area contributed by atoms with Crippen LogP contribution in [0.15, 0.2) is 83.3 Å². The maximum atomic E-state index is 13.7. The molecule has 190 valence electrons. The van der Waals surface area contributed by atoms with Gasteiger partial charge in [0.2, 0.25) is 11.8 Å². The quantitative estimate of drug-likeness (QED) is 0.303.